The van der Waals surface area contributed by atoms with Crippen molar-refractivity contribution >= 4 is 11.8 Å². The summed E-state index contributed by atoms with van der Waals surface area (Å²) in [6.07, 6.45) is 12.1. The molecule has 0 N–H and O–H groups in total. The number of carbonyl (C=O) groups excluding carboxylic acids is 2. The Bertz CT molecular complexity index is 552. The summed E-state index contributed by atoms with van der Waals surface area (Å²) in [5.41, 5.74) is -0.107. The number of nitrogens with zero attached hydrogens (tertiary/aromatic N) is 3. The van der Waals surface area contributed by atoms with Crippen molar-refractivity contribution in [3.05, 3.63) is 0 Å². The highest BCUT2D eigenvalue weighted by Gasteiger charge is 2.49. The molecule has 0 aromatic heterocycles. The maximum Gasteiger partial charge on any atom is 0.230 e. The molecule has 4 fully saturated rings. The second-order valence-corrected chi connectivity index (χ2v) is 9.60. The van der Waals surface area contributed by atoms with E-state index in [0.29, 0.717) is 11.9 Å². The van der Waals surface area contributed by atoms with Crippen LogP contribution in [0.15, 0.2) is 0 Å². The molecule has 1 atom stereocenters. The normalized spacial score (nSPS) is 31.8. The van der Waals surface area contributed by atoms with Gasteiger partial charge in [0.15, 0.2) is 0 Å². The van der Waals surface area contributed by atoms with Crippen molar-refractivity contribution in [1.29, 1.82) is 0 Å². The van der Waals surface area contributed by atoms with Gasteiger partial charge in [0.25, 0.3) is 0 Å². The fourth-order valence-corrected chi connectivity index (χ4v) is 6.15. The van der Waals surface area contributed by atoms with Crippen LogP contribution in [0.5, 0.6) is 0 Å². The lowest BCUT2D eigenvalue weighted by Crippen LogP contribution is -2.52. The van der Waals surface area contributed by atoms with E-state index in [1.165, 1.54) is 38.5 Å². The summed E-state index contributed by atoms with van der Waals surface area (Å²) < 4.78 is 0. The van der Waals surface area contributed by atoms with Crippen molar-refractivity contribution in [3.63, 3.8) is 0 Å². The summed E-state index contributed by atoms with van der Waals surface area (Å²) >= 11 is 0. The van der Waals surface area contributed by atoms with Crippen LogP contribution < -0.4 is 0 Å². The zero-order valence-corrected chi connectivity index (χ0v) is 17.1. The molecule has 1 spiro atoms. The van der Waals surface area contributed by atoms with Gasteiger partial charge >= 0.3 is 0 Å². The number of carbonyl (C=O) groups is 2. The van der Waals surface area contributed by atoms with Crippen LogP contribution in [0, 0.1) is 11.3 Å². The van der Waals surface area contributed by atoms with E-state index in [-0.39, 0.29) is 11.3 Å². The van der Waals surface area contributed by atoms with Crippen molar-refractivity contribution in [3.8, 4) is 0 Å². The van der Waals surface area contributed by atoms with Gasteiger partial charge in [-0.2, -0.15) is 0 Å². The Morgan fingerprint density at radius 2 is 1.70 bits per heavy atom. The number of rotatable bonds is 3. The van der Waals surface area contributed by atoms with Crippen LogP contribution in [0.3, 0.4) is 0 Å². The standard InChI is InChI=1S/C22H37N3O2/c1-18(26)23-13-8-20(9-14-23)25-15-11-22(17-25)10-5-12-24(21(22)27)16-19-6-3-2-4-7-19/h19-20H,2-17H2,1H3. The van der Waals surface area contributed by atoms with Crippen molar-refractivity contribution in [2.45, 2.75) is 77.2 Å². The molecule has 2 amide bonds. The summed E-state index contributed by atoms with van der Waals surface area (Å²) in [5.74, 6) is 1.40. The van der Waals surface area contributed by atoms with Gasteiger partial charge in [-0.15, -0.1) is 0 Å². The smallest absolute Gasteiger partial charge is 0.230 e. The van der Waals surface area contributed by atoms with Crippen molar-refractivity contribution in [2.24, 2.45) is 11.3 Å². The first kappa shape index (κ1) is 19.2. The predicted molar refractivity (Wildman–Crippen MR) is 106 cm³/mol. The van der Waals surface area contributed by atoms with Crippen LogP contribution in [0.4, 0.5) is 0 Å². The minimum atomic E-state index is -0.107. The SMILES string of the molecule is CC(=O)N1CCC(N2CCC3(CCCN(CC4CCCCC4)C3=O)C2)CC1. The molecule has 5 nitrogen and oxygen atoms in total. The van der Waals surface area contributed by atoms with E-state index in [4.69, 9.17) is 0 Å². The maximum atomic E-state index is 13.4. The fourth-order valence-electron chi connectivity index (χ4n) is 6.15. The lowest BCUT2D eigenvalue weighted by molar-refractivity contribution is -0.146. The number of hydrogen-bond acceptors (Lipinski definition) is 3. The third kappa shape index (κ3) is 4.03. The molecule has 27 heavy (non-hydrogen) atoms. The Morgan fingerprint density at radius 1 is 0.963 bits per heavy atom. The highest BCUT2D eigenvalue weighted by atomic mass is 16.2. The molecule has 4 rings (SSSR count). The Morgan fingerprint density at radius 3 is 2.41 bits per heavy atom. The Hall–Kier alpha value is -1.10. The molecule has 1 aliphatic carbocycles. The quantitative estimate of drug-likeness (QED) is 0.762. The lowest BCUT2D eigenvalue weighted by Gasteiger charge is -2.42. The Labute approximate surface area is 164 Å². The molecule has 1 saturated carbocycles. The third-order valence-corrected chi connectivity index (χ3v) is 7.84. The van der Waals surface area contributed by atoms with Crippen molar-refractivity contribution in [2.75, 3.05) is 39.3 Å². The van der Waals surface area contributed by atoms with E-state index in [9.17, 15) is 9.59 Å². The number of amides is 2. The summed E-state index contributed by atoms with van der Waals surface area (Å²) in [7, 11) is 0. The summed E-state index contributed by atoms with van der Waals surface area (Å²) in [5, 5.41) is 0. The first-order valence-corrected chi connectivity index (χ1v) is 11.4. The maximum absolute atomic E-state index is 13.4. The largest absolute Gasteiger partial charge is 0.343 e. The van der Waals surface area contributed by atoms with E-state index in [1.54, 1.807) is 6.92 Å². The van der Waals surface area contributed by atoms with E-state index in [0.717, 1.165) is 70.9 Å². The minimum absolute atomic E-state index is 0.107. The first-order valence-electron chi connectivity index (χ1n) is 11.4. The van der Waals surface area contributed by atoms with Gasteiger partial charge in [0.2, 0.25) is 11.8 Å². The zero-order chi connectivity index (χ0) is 18.9. The first-order chi connectivity index (χ1) is 13.1. The molecule has 1 unspecified atom stereocenters. The molecule has 4 aliphatic rings. The van der Waals surface area contributed by atoms with Crippen LogP contribution in [0.1, 0.15) is 71.1 Å². The molecule has 3 saturated heterocycles. The summed E-state index contributed by atoms with van der Waals surface area (Å²) in [6.45, 7) is 7.44. The van der Waals surface area contributed by atoms with Crippen molar-refractivity contribution in [1.82, 2.24) is 14.7 Å². The van der Waals surface area contributed by atoms with Crippen LogP contribution in [0.2, 0.25) is 0 Å². The highest BCUT2D eigenvalue weighted by molar-refractivity contribution is 5.84. The highest BCUT2D eigenvalue weighted by Crippen LogP contribution is 2.42. The van der Waals surface area contributed by atoms with Crippen LogP contribution in [-0.4, -0.2) is 71.8 Å². The summed E-state index contributed by atoms with van der Waals surface area (Å²) in [6, 6.07) is 0.557. The molecular weight excluding hydrogens is 338 g/mol. The second kappa shape index (κ2) is 8.10. The van der Waals surface area contributed by atoms with Gasteiger partial charge in [0.05, 0.1) is 5.41 Å². The molecule has 3 heterocycles. The van der Waals surface area contributed by atoms with Crippen LogP contribution >= 0.6 is 0 Å². The number of likely N-dealkylation sites (tertiary alicyclic amines) is 3. The average molecular weight is 376 g/mol. The average Bonchev–Trinajstić information content (AvgIpc) is 3.12. The molecular formula is C22H37N3O2. The second-order valence-electron chi connectivity index (χ2n) is 9.60. The monoisotopic (exact) mass is 375 g/mol. The van der Waals surface area contributed by atoms with Crippen LogP contribution in [-0.2, 0) is 9.59 Å². The van der Waals surface area contributed by atoms with Gasteiger partial charge in [0.1, 0.15) is 0 Å². The summed E-state index contributed by atoms with van der Waals surface area (Å²) in [4.78, 5) is 31.8. The third-order valence-electron chi connectivity index (χ3n) is 7.84. The van der Waals surface area contributed by atoms with Gasteiger partial charge < -0.3 is 9.80 Å². The van der Waals surface area contributed by atoms with E-state index >= 15 is 0 Å². The van der Waals surface area contributed by atoms with Gasteiger partial charge in [-0.1, -0.05) is 19.3 Å². The van der Waals surface area contributed by atoms with Crippen LogP contribution in [0.25, 0.3) is 0 Å². The molecule has 3 aliphatic heterocycles. The van der Waals surface area contributed by atoms with Gasteiger partial charge in [-0.3, -0.25) is 14.5 Å². The number of hydrogen-bond donors (Lipinski definition) is 0. The topological polar surface area (TPSA) is 43.9 Å². The number of piperidine rings is 2. The van der Waals surface area contributed by atoms with Gasteiger partial charge in [-0.05, 0) is 57.4 Å². The fraction of sp³-hybridized carbons (Fsp3) is 0.909. The minimum Gasteiger partial charge on any atom is -0.343 e. The molecule has 0 aromatic rings. The molecule has 0 bridgehead atoms. The lowest BCUT2D eigenvalue weighted by atomic mass is 9.77. The van der Waals surface area contributed by atoms with E-state index < -0.39 is 0 Å². The molecule has 0 aromatic carbocycles. The Balaban J connectivity index is 1.34. The molecule has 0 radical (unpaired) electrons. The van der Waals surface area contributed by atoms with Gasteiger partial charge in [-0.25, -0.2) is 0 Å². The predicted octanol–water partition coefficient (Wildman–Crippen LogP) is 2.89. The Kier molecular flexibility index (Phi) is 5.77. The molecule has 5 heteroatoms. The van der Waals surface area contributed by atoms with Gasteiger partial charge in [0, 0.05) is 45.7 Å². The van der Waals surface area contributed by atoms with E-state index in [2.05, 4.69) is 9.80 Å². The zero-order valence-electron chi connectivity index (χ0n) is 17.1. The van der Waals surface area contributed by atoms with Crippen molar-refractivity contribution < 1.29 is 9.59 Å². The molecule has 152 valence electrons. The van der Waals surface area contributed by atoms with E-state index in [1.807, 2.05) is 4.90 Å².